The van der Waals surface area contributed by atoms with E-state index in [1.165, 1.54) is 6.07 Å². The number of halogens is 1. The molecule has 0 saturated carbocycles. The molecule has 1 atom stereocenters. The van der Waals surface area contributed by atoms with Crippen molar-refractivity contribution in [1.29, 1.82) is 0 Å². The van der Waals surface area contributed by atoms with Crippen molar-refractivity contribution >= 4 is 33.4 Å². The maximum absolute atomic E-state index is 12.6. The van der Waals surface area contributed by atoms with Gasteiger partial charge in [0.2, 0.25) is 10.0 Å². The second kappa shape index (κ2) is 6.01. The molecular formula is C12H17ClN2O2S2. The van der Waals surface area contributed by atoms with Crippen LogP contribution in [0.5, 0.6) is 0 Å². The molecule has 1 unspecified atom stereocenters. The van der Waals surface area contributed by atoms with Gasteiger partial charge in [-0.05, 0) is 24.6 Å². The van der Waals surface area contributed by atoms with Gasteiger partial charge in [0.25, 0.3) is 0 Å². The van der Waals surface area contributed by atoms with Gasteiger partial charge in [0.15, 0.2) is 0 Å². The number of nitrogens with zero attached hydrogens (tertiary/aromatic N) is 1. The number of rotatable bonds is 3. The Bertz CT molecular complexity index is 563. The fourth-order valence-electron chi connectivity index (χ4n) is 2.06. The number of hydrogen-bond donors (Lipinski definition) is 1. The number of benzene rings is 1. The Labute approximate surface area is 123 Å². The van der Waals surface area contributed by atoms with Crippen molar-refractivity contribution in [2.45, 2.75) is 24.4 Å². The summed E-state index contributed by atoms with van der Waals surface area (Å²) in [7, 11) is -3.46. The van der Waals surface area contributed by atoms with Gasteiger partial charge in [-0.15, -0.1) is 0 Å². The van der Waals surface area contributed by atoms with E-state index in [-0.39, 0.29) is 10.9 Å². The molecule has 1 aromatic rings. The quantitative estimate of drug-likeness (QED) is 0.924. The van der Waals surface area contributed by atoms with Gasteiger partial charge in [-0.3, -0.25) is 0 Å². The van der Waals surface area contributed by atoms with Gasteiger partial charge in [0.1, 0.15) is 0 Å². The Morgan fingerprint density at radius 1 is 1.53 bits per heavy atom. The lowest BCUT2D eigenvalue weighted by Gasteiger charge is -2.32. The first-order valence-electron chi connectivity index (χ1n) is 6.05. The second-order valence-electron chi connectivity index (χ2n) is 4.50. The summed E-state index contributed by atoms with van der Waals surface area (Å²) in [6.07, 6.45) is 0. The van der Waals surface area contributed by atoms with E-state index in [0.717, 1.165) is 17.1 Å². The minimum Gasteiger partial charge on any atom is -0.326 e. The van der Waals surface area contributed by atoms with Crippen molar-refractivity contribution in [3.05, 3.63) is 28.8 Å². The van der Waals surface area contributed by atoms with E-state index in [2.05, 4.69) is 0 Å². The molecule has 0 aliphatic carbocycles. The van der Waals surface area contributed by atoms with Crippen molar-refractivity contribution in [3.8, 4) is 0 Å². The first-order chi connectivity index (χ1) is 8.96. The molecule has 1 fully saturated rings. The monoisotopic (exact) mass is 320 g/mol. The molecule has 1 aromatic carbocycles. The Balaban J connectivity index is 2.36. The van der Waals surface area contributed by atoms with E-state index >= 15 is 0 Å². The van der Waals surface area contributed by atoms with Crippen LogP contribution in [0.15, 0.2) is 23.1 Å². The molecule has 2 rings (SSSR count). The Hall–Kier alpha value is -0.270. The van der Waals surface area contributed by atoms with E-state index in [0.29, 0.717) is 18.1 Å². The van der Waals surface area contributed by atoms with Crippen molar-refractivity contribution < 1.29 is 8.42 Å². The van der Waals surface area contributed by atoms with Crippen LogP contribution in [-0.2, 0) is 16.6 Å². The molecule has 1 aliphatic rings. The molecule has 0 radical (unpaired) electrons. The van der Waals surface area contributed by atoms with Crippen LogP contribution >= 0.6 is 23.4 Å². The standard InChI is InChI=1S/C12H17ClN2O2S2/c1-9-8-18-5-4-15(9)19(16,17)11-3-2-10(7-14)12(13)6-11/h2-3,6,9H,4-5,7-8,14H2,1H3. The van der Waals surface area contributed by atoms with E-state index in [4.69, 9.17) is 17.3 Å². The number of thioether (sulfide) groups is 1. The lowest BCUT2D eigenvalue weighted by molar-refractivity contribution is 0.367. The fraction of sp³-hybridized carbons (Fsp3) is 0.500. The molecule has 1 aliphatic heterocycles. The first kappa shape index (κ1) is 15.1. The maximum atomic E-state index is 12.6. The zero-order valence-corrected chi connectivity index (χ0v) is 13.1. The highest BCUT2D eigenvalue weighted by Gasteiger charge is 2.31. The highest BCUT2D eigenvalue weighted by atomic mass is 35.5. The topological polar surface area (TPSA) is 63.4 Å². The predicted octanol–water partition coefficient (Wildman–Crippen LogP) is 1.92. The van der Waals surface area contributed by atoms with E-state index < -0.39 is 10.0 Å². The lowest BCUT2D eigenvalue weighted by atomic mass is 10.2. The summed E-state index contributed by atoms with van der Waals surface area (Å²) in [6, 6.07) is 4.76. The van der Waals surface area contributed by atoms with Gasteiger partial charge >= 0.3 is 0 Å². The van der Waals surface area contributed by atoms with Gasteiger partial charge in [-0.2, -0.15) is 16.1 Å². The molecule has 2 N–H and O–H groups in total. The fourth-order valence-corrected chi connectivity index (χ4v) is 5.26. The SMILES string of the molecule is CC1CSCCN1S(=O)(=O)c1ccc(CN)c(Cl)c1. The number of nitrogens with two attached hydrogens (primary N) is 1. The van der Waals surface area contributed by atoms with Crippen molar-refractivity contribution in [2.75, 3.05) is 18.1 Å². The zero-order valence-electron chi connectivity index (χ0n) is 10.7. The average Bonchev–Trinajstić information content (AvgIpc) is 2.39. The molecule has 106 valence electrons. The molecule has 0 spiro atoms. The Kier molecular flexibility index (Phi) is 4.79. The zero-order chi connectivity index (χ0) is 14.0. The largest absolute Gasteiger partial charge is 0.326 e. The summed E-state index contributed by atoms with van der Waals surface area (Å²) < 4.78 is 26.7. The van der Waals surface area contributed by atoms with Crippen LogP contribution in [0.2, 0.25) is 5.02 Å². The molecule has 1 saturated heterocycles. The number of hydrogen-bond acceptors (Lipinski definition) is 4. The molecular weight excluding hydrogens is 304 g/mol. The van der Waals surface area contributed by atoms with Gasteiger partial charge in [0, 0.05) is 35.7 Å². The highest BCUT2D eigenvalue weighted by molar-refractivity contribution is 7.99. The van der Waals surface area contributed by atoms with Gasteiger partial charge < -0.3 is 5.73 Å². The molecule has 1 heterocycles. The van der Waals surface area contributed by atoms with Crippen molar-refractivity contribution in [1.82, 2.24) is 4.31 Å². The van der Waals surface area contributed by atoms with Crippen molar-refractivity contribution in [3.63, 3.8) is 0 Å². The minimum atomic E-state index is -3.46. The third kappa shape index (κ3) is 3.08. The normalized spacial score (nSPS) is 21.5. The van der Waals surface area contributed by atoms with Crippen LogP contribution in [0.3, 0.4) is 0 Å². The summed E-state index contributed by atoms with van der Waals surface area (Å²) >= 11 is 7.82. The highest BCUT2D eigenvalue weighted by Crippen LogP contribution is 2.27. The first-order valence-corrected chi connectivity index (χ1v) is 9.02. The van der Waals surface area contributed by atoms with Gasteiger partial charge in [-0.1, -0.05) is 17.7 Å². The smallest absolute Gasteiger partial charge is 0.243 e. The molecule has 0 amide bonds. The minimum absolute atomic E-state index is 0.0108. The summed E-state index contributed by atoms with van der Waals surface area (Å²) in [5.74, 6) is 1.66. The Morgan fingerprint density at radius 3 is 2.84 bits per heavy atom. The molecule has 4 nitrogen and oxygen atoms in total. The lowest BCUT2D eigenvalue weighted by Crippen LogP contribution is -2.44. The average molecular weight is 321 g/mol. The molecule has 0 bridgehead atoms. The van der Waals surface area contributed by atoms with Crippen LogP contribution in [-0.4, -0.2) is 36.8 Å². The van der Waals surface area contributed by atoms with Crippen LogP contribution in [0.4, 0.5) is 0 Å². The summed E-state index contributed by atoms with van der Waals surface area (Å²) in [5.41, 5.74) is 6.28. The Morgan fingerprint density at radius 2 is 2.26 bits per heavy atom. The van der Waals surface area contributed by atoms with Crippen LogP contribution in [0, 0.1) is 0 Å². The number of sulfonamides is 1. The van der Waals surface area contributed by atoms with Crippen LogP contribution in [0.25, 0.3) is 0 Å². The van der Waals surface area contributed by atoms with E-state index in [1.807, 2.05) is 6.92 Å². The predicted molar refractivity (Wildman–Crippen MR) is 80.0 cm³/mol. The maximum Gasteiger partial charge on any atom is 0.243 e. The summed E-state index contributed by atoms with van der Waals surface area (Å²) in [6.45, 7) is 2.78. The van der Waals surface area contributed by atoms with Gasteiger partial charge in [0.05, 0.1) is 4.90 Å². The van der Waals surface area contributed by atoms with Crippen LogP contribution in [0.1, 0.15) is 12.5 Å². The third-order valence-corrected chi connectivity index (χ3v) is 6.71. The van der Waals surface area contributed by atoms with E-state index in [1.54, 1.807) is 28.2 Å². The molecule has 7 heteroatoms. The molecule has 19 heavy (non-hydrogen) atoms. The van der Waals surface area contributed by atoms with Crippen molar-refractivity contribution in [2.24, 2.45) is 5.73 Å². The summed E-state index contributed by atoms with van der Waals surface area (Å²) in [5, 5.41) is 0.405. The summed E-state index contributed by atoms with van der Waals surface area (Å²) in [4.78, 5) is 0.244. The van der Waals surface area contributed by atoms with E-state index in [9.17, 15) is 8.42 Å². The third-order valence-electron chi connectivity index (χ3n) is 3.16. The second-order valence-corrected chi connectivity index (χ2v) is 7.94. The molecule has 0 aromatic heterocycles. The van der Waals surface area contributed by atoms with Crippen LogP contribution < -0.4 is 5.73 Å². The van der Waals surface area contributed by atoms with Gasteiger partial charge in [-0.25, -0.2) is 8.42 Å².